The highest BCUT2D eigenvalue weighted by atomic mass is 35.5. The van der Waals surface area contributed by atoms with Gasteiger partial charge >= 0.3 is 6.09 Å². The quantitative estimate of drug-likeness (QED) is 0.117. The molecule has 1 saturated carbocycles. The lowest BCUT2D eigenvalue weighted by molar-refractivity contribution is -0.116. The van der Waals surface area contributed by atoms with E-state index in [2.05, 4.69) is 29.5 Å². The van der Waals surface area contributed by atoms with Gasteiger partial charge in [-0.3, -0.25) is 14.9 Å². The minimum absolute atomic E-state index is 0.0928. The molecule has 0 radical (unpaired) electrons. The third-order valence-electron chi connectivity index (χ3n) is 8.90. The number of carbonyl (C=O) groups excluding carboxylic acids is 3. The third kappa shape index (κ3) is 10.8. The average Bonchev–Trinajstić information content (AvgIpc) is 3.08. The van der Waals surface area contributed by atoms with Gasteiger partial charge in [0, 0.05) is 24.1 Å². The highest BCUT2D eigenvalue weighted by Gasteiger charge is 2.26. The zero-order valence-electron chi connectivity index (χ0n) is 27.9. The van der Waals surface area contributed by atoms with E-state index in [1.54, 1.807) is 6.07 Å². The number of amides is 2. The van der Waals surface area contributed by atoms with Crippen LogP contribution in [0.5, 0.6) is 5.75 Å². The summed E-state index contributed by atoms with van der Waals surface area (Å²) in [7, 11) is 3.67. The minimum atomic E-state index is -0.442. The van der Waals surface area contributed by atoms with Gasteiger partial charge in [-0.05, 0) is 81.8 Å². The van der Waals surface area contributed by atoms with E-state index in [4.69, 9.17) is 21.1 Å². The Balaban J connectivity index is 1.33. The molecule has 2 amide bonds. The van der Waals surface area contributed by atoms with Crippen LogP contribution in [0.15, 0.2) is 60.7 Å². The number of nitrogens with one attached hydrogen (secondary N) is 2. The van der Waals surface area contributed by atoms with Crippen LogP contribution in [0.1, 0.15) is 87.1 Å². The number of anilines is 2. The number of ether oxygens (including phenoxy) is 2. The number of nitrogens with zero attached hydrogens (tertiary/aromatic N) is 1. The van der Waals surface area contributed by atoms with Crippen LogP contribution in [0.25, 0.3) is 11.1 Å². The summed E-state index contributed by atoms with van der Waals surface area (Å²) in [6.07, 6.45) is 10.4. The molecule has 4 rings (SSSR count). The molecule has 3 aromatic carbocycles. The number of aldehydes is 1. The summed E-state index contributed by atoms with van der Waals surface area (Å²) in [5.41, 5.74) is 4.26. The molecule has 1 aliphatic carbocycles. The van der Waals surface area contributed by atoms with E-state index in [0.717, 1.165) is 48.9 Å². The van der Waals surface area contributed by atoms with Gasteiger partial charge in [-0.1, -0.05) is 80.3 Å². The molecule has 1 aliphatic rings. The van der Waals surface area contributed by atoms with E-state index in [-0.39, 0.29) is 23.5 Å². The summed E-state index contributed by atoms with van der Waals surface area (Å²) in [5, 5.41) is 6.10. The summed E-state index contributed by atoms with van der Waals surface area (Å²) in [5.74, 6) is 0.137. The normalized spacial score (nSPS) is 16.0. The van der Waals surface area contributed by atoms with Crippen molar-refractivity contribution in [2.45, 2.75) is 89.7 Å². The van der Waals surface area contributed by atoms with E-state index >= 15 is 0 Å². The van der Waals surface area contributed by atoms with E-state index in [1.165, 1.54) is 38.9 Å². The number of halogens is 1. The minimum Gasteiger partial charge on any atom is -0.496 e. The summed E-state index contributed by atoms with van der Waals surface area (Å²) in [6, 6.07) is 19.5. The van der Waals surface area contributed by atoms with Crippen molar-refractivity contribution in [2.75, 3.05) is 31.3 Å². The molecule has 0 unspecified atom stereocenters. The molecule has 0 aliphatic heterocycles. The van der Waals surface area contributed by atoms with E-state index in [1.807, 2.05) is 48.5 Å². The Bertz CT molecular complexity index is 1470. The van der Waals surface area contributed by atoms with Crippen LogP contribution in [0.3, 0.4) is 0 Å². The predicted octanol–water partition coefficient (Wildman–Crippen LogP) is 9.16. The van der Waals surface area contributed by atoms with E-state index in [9.17, 15) is 14.4 Å². The summed E-state index contributed by atoms with van der Waals surface area (Å²) in [4.78, 5) is 39.6. The van der Waals surface area contributed by atoms with Crippen molar-refractivity contribution in [3.8, 4) is 16.9 Å². The van der Waals surface area contributed by atoms with Crippen molar-refractivity contribution in [3.63, 3.8) is 0 Å². The predicted molar refractivity (Wildman–Crippen MR) is 190 cm³/mol. The van der Waals surface area contributed by atoms with E-state index in [0.29, 0.717) is 47.9 Å². The zero-order chi connectivity index (χ0) is 33.6. The smallest absolute Gasteiger partial charge is 0.411 e. The molecule has 47 heavy (non-hydrogen) atoms. The molecule has 2 N–H and O–H groups in total. The van der Waals surface area contributed by atoms with Crippen molar-refractivity contribution >= 4 is 41.3 Å². The maximum atomic E-state index is 13.1. The van der Waals surface area contributed by atoms with Crippen LogP contribution in [0.2, 0.25) is 5.02 Å². The molecule has 1 fully saturated rings. The number of rotatable bonds is 16. The van der Waals surface area contributed by atoms with Crippen molar-refractivity contribution in [2.24, 2.45) is 0 Å². The summed E-state index contributed by atoms with van der Waals surface area (Å²) < 4.78 is 11.1. The van der Waals surface area contributed by atoms with Gasteiger partial charge < -0.3 is 19.7 Å². The highest BCUT2D eigenvalue weighted by molar-refractivity contribution is 6.34. The molecular weight excluding hydrogens is 614 g/mol. The van der Waals surface area contributed by atoms with Crippen LogP contribution < -0.4 is 15.4 Å². The maximum Gasteiger partial charge on any atom is 0.411 e. The Labute approximate surface area is 284 Å². The molecule has 0 atom stereocenters. The van der Waals surface area contributed by atoms with Gasteiger partial charge in [0.05, 0.1) is 29.1 Å². The van der Waals surface area contributed by atoms with Gasteiger partial charge in [0.25, 0.3) is 0 Å². The second-order valence-electron chi connectivity index (χ2n) is 12.3. The first-order valence-electron chi connectivity index (χ1n) is 16.8. The fourth-order valence-corrected chi connectivity index (χ4v) is 6.40. The van der Waals surface area contributed by atoms with Crippen LogP contribution in [-0.4, -0.2) is 56.0 Å². The van der Waals surface area contributed by atoms with Gasteiger partial charge in [-0.2, -0.15) is 0 Å². The van der Waals surface area contributed by atoms with Crippen LogP contribution in [0.4, 0.5) is 16.2 Å². The van der Waals surface area contributed by atoms with Gasteiger partial charge in [-0.15, -0.1) is 0 Å². The highest BCUT2D eigenvalue weighted by Crippen LogP contribution is 2.32. The topological polar surface area (TPSA) is 97.0 Å². The zero-order valence-corrected chi connectivity index (χ0v) is 28.6. The van der Waals surface area contributed by atoms with Crippen molar-refractivity contribution in [3.05, 3.63) is 76.8 Å². The standard InChI is InChI=1S/C38H48ClN3O5/c1-4-5-6-10-22-42(2)30-17-19-31(20-18-30)47-38(45)41-34-23-27(16-21-32(34)28-13-8-7-9-14-28)12-11-15-37(44)40-35-25-36(46-3)29(26-43)24-33(35)39/h7-9,13-14,16,21,23-26,30-31H,4-6,10-12,15,17-20,22H2,1-3H3,(H,40,44)(H,41,45). The number of hydrogen-bond acceptors (Lipinski definition) is 6. The first kappa shape index (κ1) is 36.0. The van der Waals surface area contributed by atoms with E-state index < -0.39 is 6.09 Å². The maximum absolute atomic E-state index is 13.1. The molecule has 0 bridgehead atoms. The number of aryl methyl sites for hydroxylation is 1. The van der Waals surface area contributed by atoms with Crippen molar-refractivity contribution in [1.82, 2.24) is 4.90 Å². The lowest BCUT2D eigenvalue weighted by Gasteiger charge is -2.34. The molecular formula is C38H48ClN3O5. The van der Waals surface area contributed by atoms with Crippen molar-refractivity contribution in [1.29, 1.82) is 0 Å². The van der Waals surface area contributed by atoms with Crippen LogP contribution >= 0.6 is 11.6 Å². The second kappa shape index (κ2) is 18.5. The van der Waals surface area contributed by atoms with Gasteiger partial charge in [0.2, 0.25) is 5.91 Å². The summed E-state index contributed by atoms with van der Waals surface area (Å²) >= 11 is 6.27. The van der Waals surface area contributed by atoms with Gasteiger partial charge in [0.15, 0.2) is 6.29 Å². The number of methoxy groups -OCH3 is 1. The Morgan fingerprint density at radius 2 is 1.70 bits per heavy atom. The van der Waals surface area contributed by atoms with Gasteiger partial charge in [0.1, 0.15) is 11.9 Å². The Kier molecular flexibility index (Phi) is 14.1. The summed E-state index contributed by atoms with van der Waals surface area (Å²) in [6.45, 7) is 3.36. The first-order chi connectivity index (χ1) is 22.8. The molecule has 0 saturated heterocycles. The third-order valence-corrected chi connectivity index (χ3v) is 9.21. The number of hydrogen-bond donors (Lipinski definition) is 2. The fourth-order valence-electron chi connectivity index (χ4n) is 6.18. The number of unbranched alkanes of at least 4 members (excludes halogenated alkanes) is 3. The molecule has 3 aromatic rings. The molecule has 8 nitrogen and oxygen atoms in total. The number of benzene rings is 3. The first-order valence-corrected chi connectivity index (χ1v) is 17.2. The van der Waals surface area contributed by atoms with Crippen LogP contribution in [0, 0.1) is 0 Å². The lowest BCUT2D eigenvalue weighted by Crippen LogP contribution is -2.38. The molecule has 9 heteroatoms. The second-order valence-corrected chi connectivity index (χ2v) is 12.7. The van der Waals surface area contributed by atoms with Gasteiger partial charge in [-0.25, -0.2) is 4.79 Å². The Morgan fingerprint density at radius 1 is 0.936 bits per heavy atom. The molecule has 252 valence electrons. The molecule has 0 spiro atoms. The Morgan fingerprint density at radius 3 is 2.40 bits per heavy atom. The lowest BCUT2D eigenvalue weighted by atomic mass is 9.92. The SMILES string of the molecule is CCCCCCN(C)C1CCC(OC(=O)Nc2cc(CCCC(=O)Nc3cc(OC)c(C=O)cc3Cl)ccc2-c2ccccc2)CC1. The largest absolute Gasteiger partial charge is 0.496 e. The number of carbonyl (C=O) groups is 3. The molecule has 0 heterocycles. The van der Waals surface area contributed by atoms with Crippen molar-refractivity contribution < 1.29 is 23.9 Å². The Hall–Kier alpha value is -3.88. The monoisotopic (exact) mass is 661 g/mol. The fraction of sp³-hybridized carbons (Fsp3) is 0.447. The molecule has 0 aromatic heterocycles. The average molecular weight is 662 g/mol. The van der Waals surface area contributed by atoms with Crippen LogP contribution in [-0.2, 0) is 16.0 Å².